The predicted molar refractivity (Wildman–Crippen MR) is 48.6 cm³/mol. The van der Waals surface area contributed by atoms with E-state index in [1.54, 1.807) is 0 Å². The molecule has 0 aromatic rings. The SMILES string of the molecule is O=C(O)CC(O)(CC(=O)O)C(=O)O.[Cu].[Na].[Na]. The van der Waals surface area contributed by atoms with Gasteiger partial charge in [0.05, 0.1) is 12.8 Å². The van der Waals surface area contributed by atoms with E-state index in [2.05, 4.69) is 0 Å². The van der Waals surface area contributed by atoms with Crippen molar-refractivity contribution in [3.8, 4) is 0 Å². The van der Waals surface area contributed by atoms with Crippen molar-refractivity contribution in [1.82, 2.24) is 0 Å². The molecular weight excluding hydrogens is 294 g/mol. The molecule has 0 fully saturated rings. The number of aliphatic hydroxyl groups is 1. The van der Waals surface area contributed by atoms with E-state index in [9.17, 15) is 14.4 Å². The van der Waals surface area contributed by atoms with Crippen molar-refractivity contribution in [2.24, 2.45) is 0 Å². The van der Waals surface area contributed by atoms with Crippen LogP contribution in [0.5, 0.6) is 0 Å². The second kappa shape index (κ2) is 11.0. The molecule has 4 N–H and O–H groups in total. The van der Waals surface area contributed by atoms with Crippen LogP contribution >= 0.6 is 0 Å². The summed E-state index contributed by atoms with van der Waals surface area (Å²) in [4.78, 5) is 30.5. The topological polar surface area (TPSA) is 132 Å². The summed E-state index contributed by atoms with van der Waals surface area (Å²) in [5.41, 5.74) is -2.74. The number of hydrogen-bond acceptors (Lipinski definition) is 4. The average molecular weight is 302 g/mol. The molecule has 0 atom stereocenters. The molecule has 0 rings (SSSR count). The van der Waals surface area contributed by atoms with Gasteiger partial charge in [0.15, 0.2) is 5.60 Å². The smallest absolute Gasteiger partial charge is 0.336 e. The fourth-order valence-corrected chi connectivity index (χ4v) is 0.714. The third-order valence-electron chi connectivity index (χ3n) is 1.29. The molecule has 7 nitrogen and oxygen atoms in total. The van der Waals surface area contributed by atoms with Crippen LogP contribution in [0, 0.1) is 0 Å². The van der Waals surface area contributed by atoms with Crippen molar-refractivity contribution in [1.29, 1.82) is 0 Å². The zero-order chi connectivity index (χ0) is 10.6. The van der Waals surface area contributed by atoms with E-state index in [-0.39, 0.29) is 76.2 Å². The third kappa shape index (κ3) is 10.1. The van der Waals surface area contributed by atoms with Crippen LogP contribution in [-0.2, 0) is 31.5 Å². The van der Waals surface area contributed by atoms with Gasteiger partial charge in [0.1, 0.15) is 0 Å². The van der Waals surface area contributed by atoms with Crippen molar-refractivity contribution in [2.75, 3.05) is 0 Å². The Morgan fingerprint density at radius 1 is 0.875 bits per heavy atom. The zero-order valence-electron chi connectivity index (χ0n) is 8.73. The molecule has 0 unspecified atom stereocenters. The van der Waals surface area contributed by atoms with Gasteiger partial charge in [-0.2, -0.15) is 0 Å². The van der Waals surface area contributed by atoms with Crippen molar-refractivity contribution in [3.05, 3.63) is 0 Å². The number of carboxylic acids is 3. The monoisotopic (exact) mass is 301 g/mol. The summed E-state index contributed by atoms with van der Waals surface area (Å²) in [6, 6.07) is 0. The first-order valence-electron chi connectivity index (χ1n) is 3.17. The largest absolute Gasteiger partial charge is 0.481 e. The van der Waals surface area contributed by atoms with Gasteiger partial charge < -0.3 is 20.4 Å². The number of carbonyl (C=O) groups is 3. The molecule has 10 heteroatoms. The minimum Gasteiger partial charge on any atom is -0.481 e. The van der Waals surface area contributed by atoms with Crippen molar-refractivity contribution >= 4 is 77.0 Å². The fourth-order valence-electron chi connectivity index (χ4n) is 0.714. The van der Waals surface area contributed by atoms with Gasteiger partial charge in [-0.1, -0.05) is 0 Å². The fraction of sp³-hybridized carbons (Fsp3) is 0.500. The predicted octanol–water partition coefficient (Wildman–Crippen LogP) is -2.01. The van der Waals surface area contributed by atoms with E-state index < -0.39 is 36.4 Å². The maximum Gasteiger partial charge on any atom is 0.336 e. The summed E-state index contributed by atoms with van der Waals surface area (Å²) >= 11 is 0. The van der Waals surface area contributed by atoms with Gasteiger partial charge in [-0.3, -0.25) is 9.59 Å². The number of rotatable bonds is 5. The molecule has 0 heterocycles. The normalized spacial score (nSPS) is 8.81. The first-order valence-corrected chi connectivity index (χ1v) is 3.17. The molecule has 0 saturated heterocycles. The number of aliphatic carboxylic acids is 3. The molecule has 0 aromatic carbocycles. The van der Waals surface area contributed by atoms with Gasteiger partial charge in [0.2, 0.25) is 0 Å². The molecule has 16 heavy (non-hydrogen) atoms. The molecule has 87 valence electrons. The minimum atomic E-state index is -2.74. The second-order valence-electron chi connectivity index (χ2n) is 2.48. The average Bonchev–Trinajstić information content (AvgIpc) is 1.82. The van der Waals surface area contributed by atoms with E-state index in [4.69, 9.17) is 20.4 Å². The van der Waals surface area contributed by atoms with E-state index in [1.807, 2.05) is 0 Å². The van der Waals surface area contributed by atoms with Crippen LogP contribution in [0.25, 0.3) is 0 Å². The van der Waals surface area contributed by atoms with E-state index >= 15 is 0 Å². The minimum absolute atomic E-state index is 0. The molecule has 0 aliphatic rings. The summed E-state index contributed by atoms with van der Waals surface area (Å²) in [7, 11) is 0. The van der Waals surface area contributed by atoms with Gasteiger partial charge >= 0.3 is 17.9 Å². The molecule has 0 bridgehead atoms. The Hall–Kier alpha value is 0.889. The van der Waals surface area contributed by atoms with Crippen LogP contribution in [0.3, 0.4) is 0 Å². The molecule has 0 amide bonds. The van der Waals surface area contributed by atoms with Gasteiger partial charge in [0, 0.05) is 76.2 Å². The molecule has 0 aromatic heterocycles. The summed E-state index contributed by atoms with van der Waals surface area (Å²) in [6.07, 6.45) is -2.29. The van der Waals surface area contributed by atoms with Crippen LogP contribution in [0.1, 0.15) is 12.8 Å². The zero-order valence-corrected chi connectivity index (χ0v) is 13.7. The summed E-state index contributed by atoms with van der Waals surface area (Å²) in [5.74, 6) is -5.02. The third-order valence-corrected chi connectivity index (χ3v) is 1.29. The van der Waals surface area contributed by atoms with Crippen LogP contribution in [-0.4, -0.2) is 103 Å². The Bertz CT molecular complexity index is 241. The Morgan fingerprint density at radius 3 is 1.25 bits per heavy atom. The maximum atomic E-state index is 10.3. The molecule has 3 radical (unpaired) electrons. The standard InChI is InChI=1S/C6H8O7.Cu.2Na/c7-3(8)1-6(13,5(11)12)2-4(9)10;;;/h13H,1-2H2,(H,7,8)(H,9,10)(H,11,12);;;. The van der Waals surface area contributed by atoms with Gasteiger partial charge in [0.25, 0.3) is 0 Å². The van der Waals surface area contributed by atoms with Crippen LogP contribution in [0.4, 0.5) is 0 Å². The molecule has 0 spiro atoms. The Morgan fingerprint density at radius 2 is 1.12 bits per heavy atom. The Kier molecular flexibility index (Phi) is 17.7. The Balaban J connectivity index is -0.000000240. The summed E-state index contributed by atoms with van der Waals surface area (Å²) in [5, 5.41) is 33.8. The Labute approximate surface area is 146 Å². The molecular formula is C6H8CuNa2O7. The van der Waals surface area contributed by atoms with E-state index in [0.29, 0.717) is 0 Å². The molecule has 0 saturated carbocycles. The quantitative estimate of drug-likeness (QED) is 0.431. The molecule has 0 aliphatic carbocycles. The van der Waals surface area contributed by atoms with E-state index in [1.165, 1.54) is 0 Å². The summed E-state index contributed by atoms with van der Waals surface area (Å²) in [6.45, 7) is 0. The van der Waals surface area contributed by atoms with Crippen molar-refractivity contribution < 1.29 is 51.9 Å². The van der Waals surface area contributed by atoms with Crippen LogP contribution in [0.2, 0.25) is 0 Å². The van der Waals surface area contributed by atoms with Crippen molar-refractivity contribution in [2.45, 2.75) is 18.4 Å². The van der Waals surface area contributed by atoms with Crippen LogP contribution in [0.15, 0.2) is 0 Å². The van der Waals surface area contributed by atoms with Crippen LogP contribution < -0.4 is 0 Å². The van der Waals surface area contributed by atoms with Crippen molar-refractivity contribution in [3.63, 3.8) is 0 Å². The molecule has 0 aliphatic heterocycles. The van der Waals surface area contributed by atoms with Gasteiger partial charge in [-0.25, -0.2) is 4.79 Å². The first kappa shape index (κ1) is 25.7. The van der Waals surface area contributed by atoms with E-state index in [0.717, 1.165) is 0 Å². The second-order valence-corrected chi connectivity index (χ2v) is 2.48. The number of hydrogen-bond donors (Lipinski definition) is 4. The first-order chi connectivity index (χ1) is 5.78. The maximum absolute atomic E-state index is 10.3. The number of carboxylic acid groups (broad SMARTS) is 3. The van der Waals surface area contributed by atoms with Gasteiger partial charge in [-0.05, 0) is 0 Å². The summed E-state index contributed by atoms with van der Waals surface area (Å²) < 4.78 is 0. The van der Waals surface area contributed by atoms with Gasteiger partial charge in [-0.15, -0.1) is 0 Å².